The van der Waals surface area contributed by atoms with Crippen LogP contribution in [0.4, 0.5) is 0 Å². The predicted octanol–water partition coefficient (Wildman–Crippen LogP) is 1.58. The number of hydrogen-bond acceptors (Lipinski definition) is 3. The van der Waals surface area contributed by atoms with Gasteiger partial charge >= 0.3 is 0 Å². The van der Waals surface area contributed by atoms with Crippen LogP contribution in [0.15, 0.2) is 22.8 Å². The lowest BCUT2D eigenvalue weighted by Crippen LogP contribution is -2.49. The molecular weight excluding hydrogens is 310 g/mol. The van der Waals surface area contributed by atoms with Crippen molar-refractivity contribution >= 4 is 27.7 Å². The topological polar surface area (TPSA) is 62.3 Å². The highest BCUT2D eigenvalue weighted by atomic mass is 79.9. The summed E-state index contributed by atoms with van der Waals surface area (Å²) in [5.74, 6) is -0.142. The molecule has 0 aliphatic carbocycles. The van der Waals surface area contributed by atoms with Crippen LogP contribution < -0.4 is 5.32 Å². The molecule has 0 radical (unpaired) electrons. The number of likely N-dealkylation sites (tertiary alicyclic amines) is 1. The molecule has 19 heavy (non-hydrogen) atoms. The molecule has 6 heteroatoms. The fraction of sp³-hybridized carbons (Fsp3) is 0.462. The Morgan fingerprint density at radius 1 is 1.47 bits per heavy atom. The molecule has 1 atom stereocenters. The minimum Gasteiger partial charge on any atom is -0.352 e. The highest BCUT2D eigenvalue weighted by molar-refractivity contribution is 9.10. The summed E-state index contributed by atoms with van der Waals surface area (Å²) in [5, 5.41) is 2.87. The van der Waals surface area contributed by atoms with E-state index in [0.29, 0.717) is 23.4 Å². The summed E-state index contributed by atoms with van der Waals surface area (Å²) in [4.78, 5) is 29.3. The number of hydrogen-bond donors (Lipinski definition) is 1. The van der Waals surface area contributed by atoms with Crippen molar-refractivity contribution in [3.63, 3.8) is 0 Å². The molecule has 2 rings (SSSR count). The first-order valence-corrected chi connectivity index (χ1v) is 7.04. The Hall–Kier alpha value is -1.43. The molecule has 1 aromatic rings. The quantitative estimate of drug-likeness (QED) is 0.840. The minimum atomic E-state index is -0.0867. The van der Waals surface area contributed by atoms with Gasteiger partial charge in [0.25, 0.3) is 5.91 Å². The summed E-state index contributed by atoms with van der Waals surface area (Å²) >= 11 is 3.26. The van der Waals surface area contributed by atoms with Gasteiger partial charge in [-0.05, 0) is 40.9 Å². The molecule has 0 bridgehead atoms. The van der Waals surface area contributed by atoms with Gasteiger partial charge in [-0.1, -0.05) is 6.07 Å². The fourth-order valence-corrected chi connectivity index (χ4v) is 2.60. The van der Waals surface area contributed by atoms with Crippen molar-refractivity contribution in [3.8, 4) is 0 Å². The molecule has 1 aromatic heterocycles. The molecule has 102 valence electrons. The number of rotatable bonds is 2. The summed E-state index contributed by atoms with van der Waals surface area (Å²) in [6.45, 7) is 2.76. The smallest absolute Gasteiger partial charge is 0.272 e. The normalized spacial score (nSPS) is 19.1. The van der Waals surface area contributed by atoms with E-state index in [-0.39, 0.29) is 17.9 Å². The second-order valence-electron chi connectivity index (χ2n) is 4.64. The second kappa shape index (κ2) is 6.14. The third-order valence-corrected chi connectivity index (χ3v) is 3.49. The van der Waals surface area contributed by atoms with E-state index in [1.165, 1.54) is 6.92 Å². The summed E-state index contributed by atoms with van der Waals surface area (Å²) in [7, 11) is 0. The van der Waals surface area contributed by atoms with E-state index < -0.39 is 0 Å². The molecule has 1 saturated heterocycles. The van der Waals surface area contributed by atoms with Crippen molar-refractivity contribution in [1.82, 2.24) is 15.2 Å². The van der Waals surface area contributed by atoms with Crippen LogP contribution in [-0.4, -0.2) is 40.8 Å². The molecule has 1 aliphatic rings. The Kier molecular flexibility index (Phi) is 4.52. The SMILES string of the molecule is CC(=O)NC1CCCN(C(=O)c2cccc(Br)n2)C1. The van der Waals surface area contributed by atoms with Crippen molar-refractivity contribution < 1.29 is 9.59 Å². The van der Waals surface area contributed by atoms with Crippen LogP contribution >= 0.6 is 15.9 Å². The highest BCUT2D eigenvalue weighted by Gasteiger charge is 2.25. The van der Waals surface area contributed by atoms with Crippen LogP contribution in [0.25, 0.3) is 0 Å². The Labute approximate surface area is 120 Å². The second-order valence-corrected chi connectivity index (χ2v) is 5.45. The van der Waals surface area contributed by atoms with Gasteiger partial charge in [0, 0.05) is 26.1 Å². The molecular formula is C13H16BrN3O2. The van der Waals surface area contributed by atoms with E-state index in [1.54, 1.807) is 23.1 Å². The maximum Gasteiger partial charge on any atom is 0.272 e. The van der Waals surface area contributed by atoms with Gasteiger partial charge in [0.05, 0.1) is 0 Å². The average Bonchev–Trinajstić information content (AvgIpc) is 2.37. The van der Waals surface area contributed by atoms with E-state index >= 15 is 0 Å². The van der Waals surface area contributed by atoms with Crippen LogP contribution in [0.2, 0.25) is 0 Å². The number of nitrogens with zero attached hydrogens (tertiary/aromatic N) is 2. The third kappa shape index (κ3) is 3.76. The van der Waals surface area contributed by atoms with Gasteiger partial charge in [-0.3, -0.25) is 9.59 Å². The molecule has 0 saturated carbocycles. The number of aromatic nitrogens is 1. The minimum absolute atomic E-state index is 0.0438. The lowest BCUT2D eigenvalue weighted by molar-refractivity contribution is -0.120. The average molecular weight is 326 g/mol. The maximum absolute atomic E-state index is 12.3. The zero-order chi connectivity index (χ0) is 13.8. The van der Waals surface area contributed by atoms with Crippen LogP contribution in [0.3, 0.4) is 0 Å². The predicted molar refractivity (Wildman–Crippen MR) is 74.7 cm³/mol. The van der Waals surface area contributed by atoms with Crippen molar-refractivity contribution in [2.45, 2.75) is 25.8 Å². The molecule has 1 N–H and O–H groups in total. The Morgan fingerprint density at radius 2 is 2.26 bits per heavy atom. The van der Waals surface area contributed by atoms with Gasteiger partial charge in [0.2, 0.25) is 5.91 Å². The molecule has 0 spiro atoms. The van der Waals surface area contributed by atoms with Crippen LogP contribution in [-0.2, 0) is 4.79 Å². The first kappa shape index (κ1) is 14.0. The molecule has 1 aliphatic heterocycles. The van der Waals surface area contributed by atoms with Gasteiger partial charge in [-0.25, -0.2) is 4.98 Å². The van der Waals surface area contributed by atoms with Gasteiger partial charge in [-0.2, -0.15) is 0 Å². The van der Waals surface area contributed by atoms with E-state index in [9.17, 15) is 9.59 Å². The van der Waals surface area contributed by atoms with Gasteiger partial charge < -0.3 is 10.2 Å². The number of nitrogens with one attached hydrogen (secondary N) is 1. The molecule has 2 amide bonds. The van der Waals surface area contributed by atoms with E-state index in [1.807, 2.05) is 0 Å². The van der Waals surface area contributed by atoms with E-state index in [0.717, 1.165) is 12.8 Å². The van der Waals surface area contributed by atoms with Crippen molar-refractivity contribution in [2.75, 3.05) is 13.1 Å². The lowest BCUT2D eigenvalue weighted by Gasteiger charge is -2.32. The fourth-order valence-electron chi connectivity index (χ4n) is 2.26. The first-order valence-electron chi connectivity index (χ1n) is 6.25. The van der Waals surface area contributed by atoms with Crippen molar-refractivity contribution in [1.29, 1.82) is 0 Å². The zero-order valence-electron chi connectivity index (χ0n) is 10.7. The largest absolute Gasteiger partial charge is 0.352 e. The lowest BCUT2D eigenvalue weighted by atomic mass is 10.1. The van der Waals surface area contributed by atoms with E-state index in [4.69, 9.17) is 0 Å². The number of amides is 2. The summed E-state index contributed by atoms with van der Waals surface area (Å²) in [5.41, 5.74) is 0.429. The number of carbonyl (C=O) groups is 2. The standard InChI is InChI=1S/C13H16BrN3O2/c1-9(18)15-10-4-3-7-17(8-10)13(19)11-5-2-6-12(14)16-11/h2,5-6,10H,3-4,7-8H2,1H3,(H,15,18). The monoisotopic (exact) mass is 325 g/mol. The van der Waals surface area contributed by atoms with Gasteiger partial charge in [0.15, 0.2) is 0 Å². The molecule has 0 aromatic carbocycles. The molecule has 1 unspecified atom stereocenters. The number of piperidine rings is 1. The van der Waals surface area contributed by atoms with Crippen molar-refractivity contribution in [2.24, 2.45) is 0 Å². The Bertz CT molecular complexity index is 493. The number of halogens is 1. The molecule has 5 nitrogen and oxygen atoms in total. The van der Waals surface area contributed by atoms with Crippen LogP contribution in [0.5, 0.6) is 0 Å². The van der Waals surface area contributed by atoms with Crippen LogP contribution in [0.1, 0.15) is 30.3 Å². The van der Waals surface area contributed by atoms with Gasteiger partial charge in [-0.15, -0.1) is 0 Å². The summed E-state index contributed by atoms with van der Waals surface area (Å²) in [6, 6.07) is 5.32. The van der Waals surface area contributed by atoms with Crippen LogP contribution in [0, 0.1) is 0 Å². The third-order valence-electron chi connectivity index (χ3n) is 3.05. The highest BCUT2D eigenvalue weighted by Crippen LogP contribution is 2.14. The van der Waals surface area contributed by atoms with Crippen molar-refractivity contribution in [3.05, 3.63) is 28.5 Å². The number of carbonyl (C=O) groups excluding carboxylic acids is 2. The van der Waals surface area contributed by atoms with E-state index in [2.05, 4.69) is 26.2 Å². The Balaban J connectivity index is 2.04. The molecule has 1 fully saturated rings. The summed E-state index contributed by atoms with van der Waals surface area (Å²) in [6.07, 6.45) is 1.81. The maximum atomic E-state index is 12.3. The molecule has 2 heterocycles. The first-order chi connectivity index (χ1) is 9.06. The Morgan fingerprint density at radius 3 is 2.95 bits per heavy atom. The van der Waals surface area contributed by atoms with Gasteiger partial charge in [0.1, 0.15) is 10.3 Å². The zero-order valence-corrected chi connectivity index (χ0v) is 12.3. The summed E-state index contributed by atoms with van der Waals surface area (Å²) < 4.78 is 0.647. The number of pyridine rings is 1.